The summed E-state index contributed by atoms with van der Waals surface area (Å²) in [6, 6.07) is 1.38. The Morgan fingerprint density at radius 2 is 2.31 bits per heavy atom. The lowest BCUT2D eigenvalue weighted by Gasteiger charge is -1.99. The maximum atomic E-state index is 12.9. The highest BCUT2D eigenvalue weighted by molar-refractivity contribution is 7.80. The number of nitrogens with two attached hydrogens (primary N) is 1. The predicted molar refractivity (Wildman–Crippen MR) is 59.2 cm³/mol. The summed E-state index contributed by atoms with van der Waals surface area (Å²) in [4.78, 5) is 7.78. The topological polar surface area (TPSA) is 69.6 Å². The summed E-state index contributed by atoms with van der Waals surface area (Å²) in [6.07, 6.45) is 4.19. The van der Waals surface area contributed by atoms with Crippen LogP contribution in [0.2, 0.25) is 0 Å². The van der Waals surface area contributed by atoms with Crippen molar-refractivity contribution in [2.24, 2.45) is 5.73 Å². The first-order valence-electron chi connectivity index (χ1n) is 4.44. The number of hydrogen-bond acceptors (Lipinski definition) is 4. The fourth-order valence-corrected chi connectivity index (χ4v) is 1.31. The van der Waals surface area contributed by atoms with Crippen molar-refractivity contribution < 1.29 is 4.39 Å². The molecule has 0 spiro atoms. The fraction of sp³-hybridized carbons (Fsp3) is 0.111. The van der Waals surface area contributed by atoms with Gasteiger partial charge in [0.15, 0.2) is 0 Å². The van der Waals surface area contributed by atoms with Crippen LogP contribution in [0.15, 0.2) is 24.8 Å². The molecule has 0 fully saturated rings. The van der Waals surface area contributed by atoms with Crippen molar-refractivity contribution in [2.45, 2.75) is 6.54 Å². The molecule has 2 aromatic rings. The van der Waals surface area contributed by atoms with Crippen molar-refractivity contribution in [3.05, 3.63) is 42.0 Å². The van der Waals surface area contributed by atoms with E-state index in [9.17, 15) is 4.39 Å². The van der Waals surface area contributed by atoms with Gasteiger partial charge in [-0.2, -0.15) is 0 Å². The first-order chi connectivity index (χ1) is 7.65. The molecule has 0 aliphatic carbocycles. The van der Waals surface area contributed by atoms with E-state index in [1.807, 2.05) is 0 Å². The highest BCUT2D eigenvalue weighted by Crippen LogP contribution is 2.03. The molecule has 7 heteroatoms. The second-order valence-electron chi connectivity index (χ2n) is 3.14. The molecule has 0 aromatic carbocycles. The highest BCUT2D eigenvalue weighted by atomic mass is 32.1. The molecule has 0 saturated heterocycles. The summed E-state index contributed by atoms with van der Waals surface area (Å²) in [6.45, 7) is 0.375. The van der Waals surface area contributed by atoms with Crippen LogP contribution in [0, 0.1) is 5.82 Å². The van der Waals surface area contributed by atoms with Crippen molar-refractivity contribution in [1.29, 1.82) is 0 Å². The quantitative estimate of drug-likeness (QED) is 0.787. The summed E-state index contributed by atoms with van der Waals surface area (Å²) < 4.78 is 14.4. The minimum atomic E-state index is -0.382. The average molecular weight is 237 g/mol. The van der Waals surface area contributed by atoms with Gasteiger partial charge in [-0.15, -0.1) is 5.10 Å². The van der Waals surface area contributed by atoms with Crippen LogP contribution in [0.5, 0.6) is 0 Å². The largest absolute Gasteiger partial charge is 0.387 e. The molecule has 82 valence electrons. The van der Waals surface area contributed by atoms with Crippen molar-refractivity contribution in [1.82, 2.24) is 19.7 Å². The van der Waals surface area contributed by atoms with Gasteiger partial charge in [-0.3, -0.25) is 4.98 Å². The molecule has 0 aliphatic heterocycles. The fourth-order valence-electron chi connectivity index (χ4n) is 1.21. The maximum absolute atomic E-state index is 12.9. The van der Waals surface area contributed by atoms with Crippen molar-refractivity contribution in [2.75, 3.05) is 0 Å². The molecule has 0 radical (unpaired) electrons. The highest BCUT2D eigenvalue weighted by Gasteiger charge is 2.04. The van der Waals surface area contributed by atoms with Crippen molar-refractivity contribution >= 4 is 17.2 Å². The van der Waals surface area contributed by atoms with E-state index in [1.165, 1.54) is 17.1 Å². The summed E-state index contributed by atoms with van der Waals surface area (Å²) in [5.41, 5.74) is 6.06. The summed E-state index contributed by atoms with van der Waals surface area (Å²) in [5.74, 6) is -0.0773. The third kappa shape index (κ3) is 2.37. The van der Waals surface area contributed by atoms with Crippen LogP contribution < -0.4 is 5.73 Å². The Labute approximate surface area is 96.1 Å². The van der Waals surface area contributed by atoms with Crippen molar-refractivity contribution in [3.63, 3.8) is 0 Å². The van der Waals surface area contributed by atoms with Gasteiger partial charge >= 0.3 is 0 Å². The first kappa shape index (κ1) is 10.6. The van der Waals surface area contributed by atoms with Gasteiger partial charge in [-0.05, 0) is 11.6 Å². The average Bonchev–Trinajstić information content (AvgIpc) is 2.66. The molecule has 0 amide bonds. The molecular formula is C9H8FN5S. The van der Waals surface area contributed by atoms with Gasteiger partial charge in [-0.1, -0.05) is 12.2 Å². The van der Waals surface area contributed by atoms with Gasteiger partial charge in [0.05, 0.1) is 12.7 Å². The lowest BCUT2D eigenvalue weighted by molar-refractivity contribution is 0.611. The standard InChI is InChI=1S/C9H8FN5S/c10-7-1-6(2-12-3-7)4-15-5-13-9(14-15)8(11)16/h1-3,5H,4H2,(H2,11,16). The van der Waals surface area contributed by atoms with Gasteiger partial charge in [0, 0.05) is 6.20 Å². The molecule has 0 atom stereocenters. The third-order valence-corrected chi connectivity index (χ3v) is 2.05. The van der Waals surface area contributed by atoms with Crippen LogP contribution in [0.1, 0.15) is 11.4 Å². The lowest BCUT2D eigenvalue weighted by atomic mass is 10.3. The molecule has 2 aromatic heterocycles. The molecule has 2 rings (SSSR count). The zero-order valence-corrected chi connectivity index (χ0v) is 8.99. The van der Waals surface area contributed by atoms with E-state index in [4.69, 9.17) is 18.0 Å². The first-order valence-corrected chi connectivity index (χ1v) is 4.84. The molecular weight excluding hydrogens is 229 g/mol. The SMILES string of the molecule is NC(=S)c1ncn(Cc2cncc(F)c2)n1. The Morgan fingerprint density at radius 3 is 2.94 bits per heavy atom. The Morgan fingerprint density at radius 1 is 1.50 bits per heavy atom. The normalized spacial score (nSPS) is 10.3. The molecule has 2 N–H and O–H groups in total. The number of halogens is 1. The van der Waals surface area contributed by atoms with Gasteiger partial charge in [-0.25, -0.2) is 14.1 Å². The van der Waals surface area contributed by atoms with Gasteiger partial charge in [0.1, 0.15) is 17.1 Å². The monoisotopic (exact) mass is 237 g/mol. The molecule has 2 heterocycles. The number of rotatable bonds is 3. The number of thiocarbonyl (C=S) groups is 1. The minimum Gasteiger partial charge on any atom is -0.387 e. The van der Waals surface area contributed by atoms with E-state index in [1.54, 1.807) is 6.20 Å². The molecule has 5 nitrogen and oxygen atoms in total. The van der Waals surface area contributed by atoms with E-state index in [-0.39, 0.29) is 10.8 Å². The van der Waals surface area contributed by atoms with Crippen LogP contribution in [0.4, 0.5) is 4.39 Å². The second-order valence-corrected chi connectivity index (χ2v) is 3.58. The zero-order valence-electron chi connectivity index (χ0n) is 8.17. The van der Waals surface area contributed by atoms with E-state index >= 15 is 0 Å². The molecule has 0 aliphatic rings. The smallest absolute Gasteiger partial charge is 0.208 e. The van der Waals surface area contributed by atoms with Crippen LogP contribution in [0.25, 0.3) is 0 Å². The van der Waals surface area contributed by atoms with E-state index < -0.39 is 0 Å². The maximum Gasteiger partial charge on any atom is 0.208 e. The summed E-state index contributed by atoms with van der Waals surface area (Å²) >= 11 is 4.73. The van der Waals surface area contributed by atoms with Gasteiger partial charge < -0.3 is 5.73 Å². The summed E-state index contributed by atoms with van der Waals surface area (Å²) in [7, 11) is 0. The van der Waals surface area contributed by atoms with Gasteiger partial charge in [0.2, 0.25) is 5.82 Å². The number of pyridine rings is 1. The number of nitrogens with zero attached hydrogens (tertiary/aromatic N) is 4. The zero-order chi connectivity index (χ0) is 11.5. The Balaban J connectivity index is 2.17. The Kier molecular flexibility index (Phi) is 2.86. The van der Waals surface area contributed by atoms with E-state index in [2.05, 4.69) is 15.1 Å². The summed E-state index contributed by atoms with van der Waals surface area (Å²) in [5, 5.41) is 4.02. The van der Waals surface area contributed by atoms with Crippen LogP contribution in [0.3, 0.4) is 0 Å². The van der Waals surface area contributed by atoms with E-state index in [0.717, 1.165) is 6.20 Å². The van der Waals surface area contributed by atoms with Crippen molar-refractivity contribution in [3.8, 4) is 0 Å². The molecule has 0 unspecified atom stereocenters. The van der Waals surface area contributed by atoms with E-state index in [0.29, 0.717) is 17.9 Å². The third-order valence-electron chi connectivity index (χ3n) is 1.86. The van der Waals surface area contributed by atoms with Crippen LogP contribution in [-0.4, -0.2) is 24.7 Å². The Bertz CT molecular complexity index is 524. The second kappa shape index (κ2) is 4.31. The minimum absolute atomic E-state index is 0.135. The van der Waals surface area contributed by atoms with Crippen LogP contribution in [-0.2, 0) is 6.54 Å². The Hall–Kier alpha value is -1.89. The van der Waals surface area contributed by atoms with Gasteiger partial charge in [0.25, 0.3) is 0 Å². The number of aromatic nitrogens is 4. The predicted octanol–water partition coefficient (Wildman–Crippen LogP) is 0.495. The molecule has 0 saturated carbocycles. The van der Waals surface area contributed by atoms with Crippen LogP contribution >= 0.6 is 12.2 Å². The number of hydrogen-bond donors (Lipinski definition) is 1. The molecule has 0 bridgehead atoms. The molecule has 16 heavy (non-hydrogen) atoms. The lowest BCUT2D eigenvalue weighted by Crippen LogP contribution is -2.12.